The molecule has 0 bridgehead atoms. The number of nitro benzene ring substituents is 1. The van der Waals surface area contributed by atoms with Crippen molar-refractivity contribution < 1.29 is 14.1 Å². The van der Waals surface area contributed by atoms with Crippen molar-refractivity contribution in [3.8, 4) is 0 Å². The average molecular weight is 418 g/mol. The van der Waals surface area contributed by atoms with Gasteiger partial charge in [-0.2, -0.15) is 0 Å². The fraction of sp³-hybridized carbons (Fsp3) is 0. The average Bonchev–Trinajstić information content (AvgIpc) is 2.42. The minimum atomic E-state index is -0.586. The first-order chi connectivity index (χ1) is 9.88. The lowest BCUT2D eigenvalue weighted by molar-refractivity contribution is -0.384. The molecule has 2 rings (SSSR count). The van der Waals surface area contributed by atoms with E-state index in [1.165, 1.54) is 30.3 Å². The van der Waals surface area contributed by atoms with Crippen LogP contribution in [0.2, 0.25) is 0 Å². The minimum absolute atomic E-state index is 0.112. The van der Waals surface area contributed by atoms with E-state index in [0.29, 0.717) is 14.6 Å². The smallest absolute Gasteiger partial charge is 0.270 e. The maximum Gasteiger partial charge on any atom is 0.270 e. The summed E-state index contributed by atoms with van der Waals surface area (Å²) < 4.78 is 13.8. The van der Waals surface area contributed by atoms with Gasteiger partial charge < -0.3 is 5.32 Å². The summed E-state index contributed by atoms with van der Waals surface area (Å²) in [7, 11) is 0. The van der Waals surface area contributed by atoms with Crippen molar-refractivity contribution in [3.05, 3.63) is 66.8 Å². The first kappa shape index (κ1) is 15.6. The number of carbonyl (C=O) groups excluding carboxylic acids is 1. The molecular weight excluding hydrogens is 411 g/mol. The van der Waals surface area contributed by atoms with Gasteiger partial charge in [-0.15, -0.1) is 0 Å². The molecule has 0 aliphatic carbocycles. The normalized spacial score (nSPS) is 10.2. The predicted octanol–water partition coefficient (Wildman–Crippen LogP) is 4.51. The Labute approximate surface area is 135 Å². The van der Waals surface area contributed by atoms with Gasteiger partial charge in [0.1, 0.15) is 5.82 Å². The zero-order valence-electron chi connectivity index (χ0n) is 10.3. The fourth-order valence-electron chi connectivity index (χ4n) is 1.58. The third-order valence-electron chi connectivity index (χ3n) is 2.58. The van der Waals surface area contributed by atoms with Crippen LogP contribution in [0.4, 0.5) is 15.8 Å². The second-order valence-electron chi connectivity index (χ2n) is 4.00. The predicted molar refractivity (Wildman–Crippen MR) is 82.8 cm³/mol. The van der Waals surface area contributed by atoms with Crippen molar-refractivity contribution in [2.24, 2.45) is 0 Å². The first-order valence-corrected chi connectivity index (χ1v) is 7.17. The highest BCUT2D eigenvalue weighted by Gasteiger charge is 2.16. The van der Waals surface area contributed by atoms with Crippen LogP contribution >= 0.6 is 31.9 Å². The van der Waals surface area contributed by atoms with Crippen molar-refractivity contribution in [2.75, 3.05) is 5.32 Å². The third kappa shape index (κ3) is 3.64. The van der Waals surface area contributed by atoms with E-state index in [1.807, 2.05) is 0 Å². The molecule has 0 aromatic heterocycles. The molecule has 0 aliphatic rings. The van der Waals surface area contributed by atoms with Crippen LogP contribution in [0.15, 0.2) is 45.3 Å². The molecule has 1 N–H and O–H groups in total. The number of non-ortho nitro benzene ring substituents is 1. The van der Waals surface area contributed by atoms with Gasteiger partial charge in [-0.05, 0) is 56.1 Å². The first-order valence-electron chi connectivity index (χ1n) is 5.59. The van der Waals surface area contributed by atoms with E-state index in [2.05, 4.69) is 37.2 Å². The maximum atomic E-state index is 13.0. The van der Waals surface area contributed by atoms with Crippen molar-refractivity contribution in [3.63, 3.8) is 0 Å². The minimum Gasteiger partial charge on any atom is -0.321 e. The molecule has 8 heteroatoms. The summed E-state index contributed by atoms with van der Waals surface area (Å²) in [6, 6.07) is 7.67. The summed E-state index contributed by atoms with van der Waals surface area (Å²) in [5, 5.41) is 13.3. The Bertz CT molecular complexity index is 737. The van der Waals surface area contributed by atoms with Gasteiger partial charge in [0, 0.05) is 21.1 Å². The molecule has 1 amide bonds. The number of halogens is 3. The number of anilines is 1. The molecule has 0 unspecified atom stereocenters. The van der Waals surface area contributed by atoms with E-state index in [1.54, 1.807) is 0 Å². The Morgan fingerprint density at radius 1 is 1.14 bits per heavy atom. The van der Waals surface area contributed by atoms with Crippen LogP contribution in [-0.4, -0.2) is 10.8 Å². The number of nitrogens with one attached hydrogen (secondary N) is 1. The quantitative estimate of drug-likeness (QED) is 0.589. The number of rotatable bonds is 3. The lowest BCUT2D eigenvalue weighted by Crippen LogP contribution is -2.13. The second-order valence-corrected chi connectivity index (χ2v) is 5.71. The zero-order chi connectivity index (χ0) is 15.6. The van der Waals surface area contributed by atoms with Gasteiger partial charge in [0.05, 0.1) is 16.2 Å². The molecule has 0 saturated heterocycles. The van der Waals surface area contributed by atoms with Crippen LogP contribution in [0.1, 0.15) is 10.4 Å². The van der Waals surface area contributed by atoms with Gasteiger partial charge in [0.25, 0.3) is 11.6 Å². The fourth-order valence-corrected chi connectivity index (χ4v) is 2.46. The summed E-state index contributed by atoms with van der Waals surface area (Å²) >= 11 is 6.30. The van der Waals surface area contributed by atoms with Gasteiger partial charge in [0.15, 0.2) is 0 Å². The van der Waals surface area contributed by atoms with Gasteiger partial charge in [-0.1, -0.05) is 0 Å². The molecule has 0 saturated carbocycles. The highest BCUT2D eigenvalue weighted by molar-refractivity contribution is 9.11. The lowest BCUT2D eigenvalue weighted by atomic mass is 10.2. The van der Waals surface area contributed by atoms with Crippen LogP contribution in [0.25, 0.3) is 0 Å². The van der Waals surface area contributed by atoms with Crippen molar-refractivity contribution >= 4 is 49.1 Å². The van der Waals surface area contributed by atoms with Gasteiger partial charge in [-0.25, -0.2) is 4.39 Å². The molecule has 0 fully saturated rings. The van der Waals surface area contributed by atoms with E-state index >= 15 is 0 Å². The van der Waals surface area contributed by atoms with E-state index in [0.717, 1.165) is 6.07 Å². The van der Waals surface area contributed by atoms with Gasteiger partial charge in [-0.3, -0.25) is 14.9 Å². The Morgan fingerprint density at radius 3 is 2.48 bits per heavy atom. The van der Waals surface area contributed by atoms with Gasteiger partial charge >= 0.3 is 0 Å². The number of benzene rings is 2. The molecule has 0 atom stereocenters. The molecule has 108 valence electrons. The van der Waals surface area contributed by atoms with Crippen LogP contribution in [-0.2, 0) is 0 Å². The van der Waals surface area contributed by atoms with Crippen molar-refractivity contribution in [1.82, 2.24) is 0 Å². The Kier molecular flexibility index (Phi) is 4.69. The summed E-state index contributed by atoms with van der Waals surface area (Å²) in [5.74, 6) is -0.991. The molecule has 5 nitrogen and oxygen atoms in total. The third-order valence-corrected chi connectivity index (χ3v) is 3.93. The zero-order valence-corrected chi connectivity index (χ0v) is 13.4. The lowest BCUT2D eigenvalue weighted by Gasteiger charge is -2.08. The summed E-state index contributed by atoms with van der Waals surface area (Å²) in [5.41, 5.74) is 0.279. The van der Waals surface area contributed by atoms with Crippen LogP contribution in [0.3, 0.4) is 0 Å². The Hall–Kier alpha value is -1.80. The Balaban J connectivity index is 2.32. The van der Waals surface area contributed by atoms with E-state index < -0.39 is 16.6 Å². The molecule has 0 radical (unpaired) electrons. The number of hydrogen-bond acceptors (Lipinski definition) is 3. The highest BCUT2D eigenvalue weighted by atomic mass is 79.9. The van der Waals surface area contributed by atoms with Crippen LogP contribution in [0, 0.1) is 15.9 Å². The van der Waals surface area contributed by atoms with Crippen molar-refractivity contribution in [1.29, 1.82) is 0 Å². The van der Waals surface area contributed by atoms with E-state index in [9.17, 15) is 19.3 Å². The maximum absolute atomic E-state index is 13.0. The largest absolute Gasteiger partial charge is 0.321 e. The van der Waals surface area contributed by atoms with E-state index in [4.69, 9.17) is 0 Å². The number of nitro groups is 1. The topological polar surface area (TPSA) is 72.2 Å². The molecule has 21 heavy (non-hydrogen) atoms. The molecule has 0 heterocycles. The number of carbonyl (C=O) groups is 1. The number of amides is 1. The second kappa shape index (κ2) is 6.31. The standard InChI is InChI=1S/C13H7Br2FN2O3/c14-10-3-2-8(18(20)21)6-9(10)13(19)17-12-4-1-7(16)5-11(12)15/h1-6H,(H,17,19). The molecule has 2 aromatic carbocycles. The Morgan fingerprint density at radius 2 is 1.86 bits per heavy atom. The molecule has 2 aromatic rings. The highest BCUT2D eigenvalue weighted by Crippen LogP contribution is 2.26. The van der Waals surface area contributed by atoms with E-state index in [-0.39, 0.29) is 11.3 Å². The molecule has 0 aliphatic heterocycles. The summed E-state index contributed by atoms with van der Waals surface area (Å²) in [6.45, 7) is 0. The van der Waals surface area contributed by atoms with Gasteiger partial charge in [0.2, 0.25) is 0 Å². The monoisotopic (exact) mass is 416 g/mol. The number of hydrogen-bond donors (Lipinski definition) is 1. The van der Waals surface area contributed by atoms with Crippen LogP contribution in [0.5, 0.6) is 0 Å². The molecular formula is C13H7Br2FN2O3. The summed E-state index contributed by atoms with van der Waals surface area (Å²) in [6.07, 6.45) is 0. The molecule has 0 spiro atoms. The SMILES string of the molecule is O=C(Nc1ccc(F)cc1Br)c1cc([N+](=O)[O-])ccc1Br. The van der Waals surface area contributed by atoms with Crippen LogP contribution < -0.4 is 5.32 Å². The number of nitrogens with zero attached hydrogens (tertiary/aromatic N) is 1. The van der Waals surface area contributed by atoms with Crippen molar-refractivity contribution in [2.45, 2.75) is 0 Å². The summed E-state index contributed by atoms with van der Waals surface area (Å²) in [4.78, 5) is 22.3.